The molecule has 1 aromatic rings. The normalized spacial score (nSPS) is 20.7. The number of nitrogens with one attached hydrogen (secondary N) is 1. The molecule has 0 bridgehead atoms. The molecule has 6 heteroatoms. The van der Waals surface area contributed by atoms with E-state index in [1.165, 1.54) is 4.90 Å². The summed E-state index contributed by atoms with van der Waals surface area (Å²) >= 11 is 0. The van der Waals surface area contributed by atoms with E-state index in [-0.39, 0.29) is 11.8 Å². The second-order valence-corrected chi connectivity index (χ2v) is 5.09. The Morgan fingerprint density at radius 3 is 2.90 bits per heavy atom. The predicted octanol–water partition coefficient (Wildman–Crippen LogP) is 0.870. The highest BCUT2D eigenvalue weighted by Crippen LogP contribution is 2.26. The van der Waals surface area contributed by atoms with E-state index in [0.717, 1.165) is 5.56 Å². The van der Waals surface area contributed by atoms with E-state index >= 15 is 0 Å². The summed E-state index contributed by atoms with van der Waals surface area (Å²) in [6.07, 6.45) is 1.51. The van der Waals surface area contributed by atoms with Crippen LogP contribution in [0.1, 0.15) is 28.8 Å². The van der Waals surface area contributed by atoms with Crippen LogP contribution in [0.5, 0.6) is 0 Å². The van der Waals surface area contributed by atoms with Crippen LogP contribution >= 0.6 is 0 Å². The summed E-state index contributed by atoms with van der Waals surface area (Å²) in [5.41, 5.74) is 1.92. The third-order valence-electron chi connectivity index (χ3n) is 3.78. The van der Waals surface area contributed by atoms with E-state index in [1.807, 2.05) is 0 Å². The van der Waals surface area contributed by atoms with Crippen molar-refractivity contribution >= 4 is 23.5 Å². The number of hydrogen-bond acceptors (Lipinski definition) is 3. The Labute approximate surface area is 115 Å². The van der Waals surface area contributed by atoms with E-state index in [2.05, 4.69) is 5.32 Å². The minimum absolute atomic E-state index is 0.0887. The molecule has 1 saturated heterocycles. The van der Waals surface area contributed by atoms with Gasteiger partial charge in [0.1, 0.15) is 6.04 Å². The minimum Gasteiger partial charge on any atom is -0.480 e. The summed E-state index contributed by atoms with van der Waals surface area (Å²) in [7, 11) is 0. The van der Waals surface area contributed by atoms with Crippen molar-refractivity contribution in [3.63, 3.8) is 0 Å². The molecule has 6 nitrogen and oxygen atoms in total. The topological polar surface area (TPSA) is 86.7 Å². The maximum absolute atomic E-state index is 12.4. The van der Waals surface area contributed by atoms with Crippen molar-refractivity contribution in [2.75, 3.05) is 11.9 Å². The molecule has 1 aromatic carbocycles. The van der Waals surface area contributed by atoms with Gasteiger partial charge in [-0.2, -0.15) is 0 Å². The summed E-state index contributed by atoms with van der Waals surface area (Å²) in [6.45, 7) is 0.458. The summed E-state index contributed by atoms with van der Waals surface area (Å²) in [5, 5.41) is 11.8. The van der Waals surface area contributed by atoms with Gasteiger partial charge >= 0.3 is 5.97 Å². The molecular formula is C14H14N2O4. The quantitative estimate of drug-likeness (QED) is 0.837. The van der Waals surface area contributed by atoms with Gasteiger partial charge in [-0.25, -0.2) is 4.79 Å². The maximum Gasteiger partial charge on any atom is 0.326 e. The summed E-state index contributed by atoms with van der Waals surface area (Å²) in [4.78, 5) is 36.2. The van der Waals surface area contributed by atoms with Crippen LogP contribution in [0.15, 0.2) is 18.2 Å². The first-order valence-electron chi connectivity index (χ1n) is 6.53. The van der Waals surface area contributed by atoms with E-state index in [4.69, 9.17) is 5.11 Å². The zero-order valence-electron chi connectivity index (χ0n) is 10.8. The Hall–Kier alpha value is -2.37. The second kappa shape index (κ2) is 4.63. The third-order valence-corrected chi connectivity index (χ3v) is 3.78. The molecule has 0 aromatic heterocycles. The molecule has 104 valence electrons. The second-order valence-electron chi connectivity index (χ2n) is 5.09. The number of carboxylic acid groups (broad SMARTS) is 1. The molecule has 0 aliphatic carbocycles. The lowest BCUT2D eigenvalue weighted by Crippen LogP contribution is -2.40. The number of carbonyl (C=O) groups is 3. The zero-order valence-corrected chi connectivity index (χ0v) is 10.8. The Morgan fingerprint density at radius 1 is 1.35 bits per heavy atom. The molecule has 2 aliphatic heterocycles. The lowest BCUT2D eigenvalue weighted by molar-refractivity contribution is -0.141. The highest BCUT2D eigenvalue weighted by molar-refractivity contribution is 6.03. The number of carbonyl (C=O) groups excluding carboxylic acids is 2. The molecule has 2 N–H and O–H groups in total. The molecule has 20 heavy (non-hydrogen) atoms. The van der Waals surface area contributed by atoms with Crippen LogP contribution in [0.2, 0.25) is 0 Å². The first-order valence-corrected chi connectivity index (χ1v) is 6.53. The van der Waals surface area contributed by atoms with Crippen LogP contribution in [0.3, 0.4) is 0 Å². The standard InChI is InChI=1S/C14H14N2O4/c17-12-7-8-3-4-9(6-10(8)15-12)13(18)16-5-1-2-11(16)14(19)20/h3-4,6,11H,1-2,5,7H2,(H,15,17)(H,19,20)/t11-/m1/s1. The Balaban J connectivity index is 1.86. The monoisotopic (exact) mass is 274 g/mol. The molecule has 1 fully saturated rings. The molecule has 2 heterocycles. The van der Waals surface area contributed by atoms with Gasteiger partial charge in [0.25, 0.3) is 5.91 Å². The van der Waals surface area contributed by atoms with Gasteiger partial charge in [-0.1, -0.05) is 6.07 Å². The Bertz CT molecular complexity index is 611. The van der Waals surface area contributed by atoms with Crippen LogP contribution in [0.25, 0.3) is 0 Å². The highest BCUT2D eigenvalue weighted by atomic mass is 16.4. The van der Waals surface area contributed by atoms with Gasteiger partial charge in [-0.3, -0.25) is 9.59 Å². The SMILES string of the molecule is O=C1Cc2ccc(C(=O)N3CCC[C@@H]3C(=O)O)cc2N1. The van der Waals surface area contributed by atoms with Gasteiger partial charge in [0.2, 0.25) is 5.91 Å². The number of nitrogens with zero attached hydrogens (tertiary/aromatic N) is 1. The number of hydrogen-bond donors (Lipinski definition) is 2. The molecule has 0 spiro atoms. The molecule has 0 radical (unpaired) electrons. The minimum atomic E-state index is -0.967. The average Bonchev–Trinajstić information content (AvgIpc) is 3.01. The molecular weight excluding hydrogens is 260 g/mol. The Morgan fingerprint density at radius 2 is 2.15 bits per heavy atom. The van der Waals surface area contributed by atoms with Gasteiger partial charge < -0.3 is 15.3 Å². The van der Waals surface area contributed by atoms with Gasteiger partial charge in [-0.15, -0.1) is 0 Å². The summed E-state index contributed by atoms with van der Waals surface area (Å²) in [5.74, 6) is -1.35. The fourth-order valence-electron chi connectivity index (χ4n) is 2.78. The number of carboxylic acids is 1. The molecule has 1 atom stereocenters. The van der Waals surface area contributed by atoms with Crippen LogP contribution < -0.4 is 5.32 Å². The fourth-order valence-corrected chi connectivity index (χ4v) is 2.78. The van der Waals surface area contributed by atoms with Crippen LogP contribution in [-0.2, 0) is 16.0 Å². The molecule has 3 rings (SSSR count). The van der Waals surface area contributed by atoms with Gasteiger partial charge in [0.05, 0.1) is 6.42 Å². The van der Waals surface area contributed by atoms with E-state index in [9.17, 15) is 14.4 Å². The van der Waals surface area contributed by atoms with Crippen LogP contribution in [-0.4, -0.2) is 40.4 Å². The number of amides is 2. The first kappa shape index (κ1) is 12.7. The number of anilines is 1. The molecule has 0 unspecified atom stereocenters. The summed E-state index contributed by atoms with van der Waals surface area (Å²) < 4.78 is 0. The van der Waals surface area contributed by atoms with Crippen molar-refractivity contribution in [2.24, 2.45) is 0 Å². The van der Waals surface area contributed by atoms with Gasteiger partial charge in [-0.05, 0) is 30.5 Å². The lowest BCUT2D eigenvalue weighted by Gasteiger charge is -2.21. The summed E-state index contributed by atoms with van der Waals surface area (Å²) in [6, 6.07) is 4.27. The van der Waals surface area contributed by atoms with Crippen LogP contribution in [0, 0.1) is 0 Å². The number of rotatable bonds is 2. The van der Waals surface area contributed by atoms with E-state index in [0.29, 0.717) is 37.1 Å². The van der Waals surface area contributed by atoms with Crippen molar-refractivity contribution < 1.29 is 19.5 Å². The van der Waals surface area contributed by atoms with Crippen molar-refractivity contribution in [3.8, 4) is 0 Å². The predicted molar refractivity (Wildman–Crippen MR) is 70.5 cm³/mol. The molecule has 2 aliphatic rings. The van der Waals surface area contributed by atoms with Crippen molar-refractivity contribution in [2.45, 2.75) is 25.3 Å². The van der Waals surface area contributed by atoms with Crippen LogP contribution in [0.4, 0.5) is 5.69 Å². The number of aliphatic carboxylic acids is 1. The highest BCUT2D eigenvalue weighted by Gasteiger charge is 2.34. The maximum atomic E-state index is 12.4. The zero-order chi connectivity index (χ0) is 14.3. The Kier molecular flexibility index (Phi) is 2.93. The fraction of sp³-hybridized carbons (Fsp3) is 0.357. The van der Waals surface area contributed by atoms with Crippen molar-refractivity contribution in [1.29, 1.82) is 0 Å². The van der Waals surface area contributed by atoms with E-state index in [1.54, 1.807) is 18.2 Å². The van der Waals surface area contributed by atoms with Gasteiger partial charge in [0.15, 0.2) is 0 Å². The number of likely N-dealkylation sites (tertiary alicyclic amines) is 1. The number of fused-ring (bicyclic) bond motifs is 1. The third kappa shape index (κ3) is 2.03. The molecule has 0 saturated carbocycles. The lowest BCUT2D eigenvalue weighted by atomic mass is 10.1. The smallest absolute Gasteiger partial charge is 0.326 e. The number of benzene rings is 1. The molecule has 2 amide bonds. The van der Waals surface area contributed by atoms with Crippen molar-refractivity contribution in [3.05, 3.63) is 29.3 Å². The average molecular weight is 274 g/mol. The van der Waals surface area contributed by atoms with E-state index < -0.39 is 12.0 Å². The largest absolute Gasteiger partial charge is 0.480 e. The van der Waals surface area contributed by atoms with Gasteiger partial charge in [0, 0.05) is 17.8 Å². The van der Waals surface area contributed by atoms with Crippen molar-refractivity contribution in [1.82, 2.24) is 4.90 Å². The first-order chi connectivity index (χ1) is 9.56.